The molecule has 0 amide bonds. The third-order valence-corrected chi connectivity index (χ3v) is 6.26. The largest absolute Gasteiger partial charge is 0.353 e. The van der Waals surface area contributed by atoms with Gasteiger partial charge in [-0.05, 0) is 31.3 Å². The van der Waals surface area contributed by atoms with Crippen LogP contribution in [0.1, 0.15) is 11.7 Å². The highest BCUT2D eigenvalue weighted by molar-refractivity contribution is 7.89. The molecule has 1 fully saturated rings. The van der Waals surface area contributed by atoms with Gasteiger partial charge in [0.2, 0.25) is 10.0 Å². The van der Waals surface area contributed by atoms with Crippen molar-refractivity contribution in [1.29, 1.82) is 0 Å². The number of sulfonamides is 1. The Morgan fingerprint density at radius 2 is 1.68 bits per heavy atom. The van der Waals surface area contributed by atoms with E-state index < -0.39 is 10.0 Å². The molecule has 1 aliphatic heterocycles. The van der Waals surface area contributed by atoms with Crippen LogP contribution in [0.15, 0.2) is 53.6 Å². The number of hydrogen-bond donors (Lipinski definition) is 1. The Kier molecular flexibility index (Phi) is 5.58. The third-order valence-electron chi connectivity index (χ3n) is 4.82. The Bertz CT molecular complexity index is 780. The van der Waals surface area contributed by atoms with E-state index in [1.165, 1.54) is 0 Å². The molecule has 1 aromatic carbocycles. The molecule has 0 unspecified atom stereocenters. The molecule has 1 atom stereocenters. The van der Waals surface area contributed by atoms with Crippen molar-refractivity contribution in [2.45, 2.75) is 10.9 Å². The fourth-order valence-corrected chi connectivity index (χ4v) is 4.31. The van der Waals surface area contributed by atoms with Crippen molar-refractivity contribution >= 4 is 10.0 Å². The van der Waals surface area contributed by atoms with E-state index in [-0.39, 0.29) is 6.04 Å². The molecule has 7 heteroatoms. The van der Waals surface area contributed by atoms with Gasteiger partial charge in [0.15, 0.2) is 0 Å². The number of aryl methyl sites for hydroxylation is 1. The quantitative estimate of drug-likeness (QED) is 0.841. The van der Waals surface area contributed by atoms with Crippen LogP contribution >= 0.6 is 0 Å². The van der Waals surface area contributed by atoms with E-state index in [1.54, 1.807) is 24.3 Å². The van der Waals surface area contributed by atoms with E-state index in [9.17, 15) is 8.42 Å². The molecule has 2 aromatic rings. The zero-order valence-corrected chi connectivity index (χ0v) is 15.6. The van der Waals surface area contributed by atoms with Gasteiger partial charge in [0.05, 0.1) is 10.9 Å². The first-order valence-electron chi connectivity index (χ1n) is 8.56. The van der Waals surface area contributed by atoms with Crippen LogP contribution in [0.5, 0.6) is 0 Å². The summed E-state index contributed by atoms with van der Waals surface area (Å²) in [4.78, 5) is 4.97. The van der Waals surface area contributed by atoms with Gasteiger partial charge in [-0.1, -0.05) is 18.2 Å². The average Bonchev–Trinajstić information content (AvgIpc) is 3.03. The predicted molar refractivity (Wildman–Crippen MR) is 98.9 cm³/mol. The van der Waals surface area contributed by atoms with Gasteiger partial charge in [-0.25, -0.2) is 13.1 Å². The maximum atomic E-state index is 12.6. The minimum Gasteiger partial charge on any atom is -0.353 e. The van der Waals surface area contributed by atoms with Crippen molar-refractivity contribution in [3.05, 3.63) is 54.4 Å². The molecule has 2 heterocycles. The molecule has 6 nitrogen and oxygen atoms in total. The van der Waals surface area contributed by atoms with Gasteiger partial charge in [0, 0.05) is 51.7 Å². The molecule has 136 valence electrons. The van der Waals surface area contributed by atoms with Gasteiger partial charge in [0.1, 0.15) is 0 Å². The summed E-state index contributed by atoms with van der Waals surface area (Å²) in [6.07, 6.45) is 2.00. The first kappa shape index (κ1) is 18.1. The third kappa shape index (κ3) is 4.30. The summed E-state index contributed by atoms with van der Waals surface area (Å²) in [5, 5.41) is 0. The second kappa shape index (κ2) is 7.70. The predicted octanol–water partition coefficient (Wildman–Crippen LogP) is 1.29. The van der Waals surface area contributed by atoms with Crippen LogP contribution in [0.2, 0.25) is 0 Å². The lowest BCUT2D eigenvalue weighted by Crippen LogP contribution is -2.48. The fraction of sp³-hybridized carbons (Fsp3) is 0.444. The summed E-state index contributed by atoms with van der Waals surface area (Å²) in [7, 11) is 0.617. The minimum atomic E-state index is -3.51. The molecule has 1 saturated heterocycles. The van der Waals surface area contributed by atoms with Crippen LogP contribution in [0, 0.1) is 0 Å². The van der Waals surface area contributed by atoms with Gasteiger partial charge in [-0.3, -0.25) is 4.90 Å². The van der Waals surface area contributed by atoms with E-state index in [1.807, 2.05) is 25.4 Å². The highest BCUT2D eigenvalue weighted by Crippen LogP contribution is 2.22. The molecule has 1 aromatic heterocycles. The summed E-state index contributed by atoms with van der Waals surface area (Å²) in [6, 6.07) is 12.6. The maximum Gasteiger partial charge on any atom is 0.240 e. The van der Waals surface area contributed by atoms with Crippen LogP contribution < -0.4 is 4.72 Å². The van der Waals surface area contributed by atoms with Crippen molar-refractivity contribution in [2.24, 2.45) is 7.05 Å². The minimum absolute atomic E-state index is 0.0205. The summed E-state index contributed by atoms with van der Waals surface area (Å²) < 4.78 is 30.0. The lowest BCUT2D eigenvalue weighted by atomic mass is 10.1. The Morgan fingerprint density at radius 3 is 2.28 bits per heavy atom. The number of hydrogen-bond acceptors (Lipinski definition) is 4. The molecule has 25 heavy (non-hydrogen) atoms. The van der Waals surface area contributed by atoms with Crippen molar-refractivity contribution in [3.8, 4) is 0 Å². The molecule has 0 radical (unpaired) electrons. The van der Waals surface area contributed by atoms with Gasteiger partial charge in [0.25, 0.3) is 0 Å². The first-order chi connectivity index (χ1) is 12.0. The normalized spacial score (nSPS) is 18.3. The zero-order valence-electron chi connectivity index (χ0n) is 14.8. The van der Waals surface area contributed by atoms with E-state index in [2.05, 4.69) is 32.2 Å². The topological polar surface area (TPSA) is 57.6 Å². The highest BCUT2D eigenvalue weighted by Gasteiger charge is 2.27. The molecule has 0 saturated carbocycles. The molecule has 0 aliphatic carbocycles. The number of likely N-dealkylation sites (N-methyl/N-ethyl adjacent to an activating group) is 1. The first-order valence-corrected chi connectivity index (χ1v) is 10.0. The Balaban J connectivity index is 1.78. The average molecular weight is 362 g/mol. The highest BCUT2D eigenvalue weighted by atomic mass is 32.2. The molecular weight excluding hydrogens is 336 g/mol. The van der Waals surface area contributed by atoms with Gasteiger partial charge < -0.3 is 9.47 Å². The summed E-state index contributed by atoms with van der Waals surface area (Å²) in [5.74, 6) is 0. The summed E-state index contributed by atoms with van der Waals surface area (Å²) >= 11 is 0. The van der Waals surface area contributed by atoms with Gasteiger partial charge in [-0.2, -0.15) is 0 Å². The lowest BCUT2D eigenvalue weighted by molar-refractivity contribution is 0.109. The fourth-order valence-electron chi connectivity index (χ4n) is 3.25. The van der Waals surface area contributed by atoms with E-state index in [0.717, 1.165) is 31.9 Å². The van der Waals surface area contributed by atoms with Crippen molar-refractivity contribution in [3.63, 3.8) is 0 Å². The van der Waals surface area contributed by atoms with Gasteiger partial charge >= 0.3 is 0 Å². The number of nitrogens with zero attached hydrogens (tertiary/aromatic N) is 3. The number of nitrogens with one attached hydrogen (secondary N) is 1. The lowest BCUT2D eigenvalue weighted by Gasteiger charge is -2.38. The standard InChI is InChI=1S/C18H26N4O2S/c1-20-11-13-22(14-12-20)18(17-9-6-10-21(17)2)15-19-25(23,24)16-7-4-3-5-8-16/h3-10,18-19H,11-15H2,1-2H3/t18-/m1/s1. The molecule has 1 N–H and O–H groups in total. The molecule has 0 spiro atoms. The molecule has 0 bridgehead atoms. The SMILES string of the molecule is CN1CCN([C@H](CNS(=O)(=O)c2ccccc2)c2cccn2C)CC1. The van der Waals surface area contributed by atoms with E-state index >= 15 is 0 Å². The van der Waals surface area contributed by atoms with Crippen LogP contribution in [0.4, 0.5) is 0 Å². The number of benzene rings is 1. The van der Waals surface area contributed by atoms with Crippen LogP contribution in [0.25, 0.3) is 0 Å². The number of rotatable bonds is 6. The summed E-state index contributed by atoms with van der Waals surface area (Å²) in [5.41, 5.74) is 1.13. The van der Waals surface area contributed by atoms with Crippen molar-refractivity contribution < 1.29 is 8.42 Å². The summed E-state index contributed by atoms with van der Waals surface area (Å²) in [6.45, 7) is 4.20. The monoisotopic (exact) mass is 362 g/mol. The van der Waals surface area contributed by atoms with E-state index in [0.29, 0.717) is 11.4 Å². The maximum absolute atomic E-state index is 12.6. The zero-order chi connectivity index (χ0) is 17.9. The smallest absolute Gasteiger partial charge is 0.240 e. The van der Waals surface area contributed by atoms with Crippen LogP contribution in [0.3, 0.4) is 0 Å². The number of aromatic nitrogens is 1. The van der Waals surface area contributed by atoms with E-state index in [4.69, 9.17) is 0 Å². The molecule has 3 rings (SSSR count). The Labute approximate surface area is 150 Å². The second-order valence-electron chi connectivity index (χ2n) is 6.56. The van der Waals surface area contributed by atoms with Crippen molar-refractivity contribution in [1.82, 2.24) is 19.1 Å². The second-order valence-corrected chi connectivity index (χ2v) is 8.33. The molecular formula is C18H26N4O2S. The molecule has 1 aliphatic rings. The van der Waals surface area contributed by atoms with Crippen molar-refractivity contribution in [2.75, 3.05) is 39.8 Å². The Hall–Kier alpha value is -1.67. The van der Waals surface area contributed by atoms with Crippen LogP contribution in [-0.2, 0) is 17.1 Å². The van der Waals surface area contributed by atoms with Gasteiger partial charge in [-0.15, -0.1) is 0 Å². The number of piperazine rings is 1. The van der Waals surface area contributed by atoms with Crippen LogP contribution in [-0.4, -0.2) is 62.6 Å². The Morgan fingerprint density at radius 1 is 1.00 bits per heavy atom.